The molecule has 2 aromatic rings. The summed E-state index contributed by atoms with van der Waals surface area (Å²) in [5.74, 6) is -1.88. The van der Waals surface area contributed by atoms with Crippen LogP contribution in [0.3, 0.4) is 0 Å². The van der Waals surface area contributed by atoms with Crippen molar-refractivity contribution in [1.82, 2.24) is 14.9 Å². The second-order valence-corrected chi connectivity index (χ2v) is 7.79. The summed E-state index contributed by atoms with van der Waals surface area (Å²) in [6, 6.07) is 0. The molecule has 2 aliphatic heterocycles. The van der Waals surface area contributed by atoms with Gasteiger partial charge in [0.25, 0.3) is 5.92 Å². The van der Waals surface area contributed by atoms with E-state index in [1.165, 1.54) is 0 Å². The number of rotatable bonds is 2. The van der Waals surface area contributed by atoms with E-state index in [2.05, 4.69) is 20.2 Å². The second kappa shape index (κ2) is 6.16. The molecule has 5 nitrogen and oxygen atoms in total. The van der Waals surface area contributed by atoms with Crippen molar-refractivity contribution in [2.24, 2.45) is 5.92 Å². The van der Waals surface area contributed by atoms with Gasteiger partial charge in [-0.05, 0) is 24.3 Å². The summed E-state index contributed by atoms with van der Waals surface area (Å²) in [7, 11) is 0. The number of alkyl halides is 2. The molecule has 0 N–H and O–H groups in total. The maximum atomic E-state index is 13.3. The average Bonchev–Trinajstić information content (AvgIpc) is 3.22. The molecule has 1 atom stereocenters. The van der Waals surface area contributed by atoms with Gasteiger partial charge in [-0.25, -0.2) is 18.7 Å². The van der Waals surface area contributed by atoms with E-state index in [0.717, 1.165) is 34.6 Å². The van der Waals surface area contributed by atoms with Gasteiger partial charge in [-0.2, -0.15) is 0 Å². The number of thiophene rings is 1. The molecule has 8 heteroatoms. The highest BCUT2D eigenvalue weighted by atomic mass is 32.1. The first-order valence-electron chi connectivity index (χ1n) is 8.55. The molecule has 0 saturated carbocycles. The summed E-state index contributed by atoms with van der Waals surface area (Å²) in [5.41, 5.74) is 2.09. The number of carbonyl (C=O) groups is 1. The van der Waals surface area contributed by atoms with Crippen molar-refractivity contribution in [2.45, 2.75) is 32.1 Å². The molecule has 2 aliphatic rings. The van der Waals surface area contributed by atoms with Gasteiger partial charge in [0.15, 0.2) is 0 Å². The minimum absolute atomic E-state index is 0.00524. The fourth-order valence-electron chi connectivity index (χ4n) is 3.65. The Morgan fingerprint density at radius 2 is 2.04 bits per heavy atom. The zero-order valence-corrected chi connectivity index (χ0v) is 14.9. The van der Waals surface area contributed by atoms with E-state index >= 15 is 0 Å². The summed E-state index contributed by atoms with van der Waals surface area (Å²) in [6.07, 6.45) is 1.85. The van der Waals surface area contributed by atoms with E-state index in [0.29, 0.717) is 6.54 Å². The normalized spacial score (nSPS) is 23.4. The number of aryl methyl sites for hydroxylation is 1. The number of piperidine rings is 1. The van der Waals surface area contributed by atoms with E-state index < -0.39 is 5.92 Å². The molecular formula is C17H20F2N4OS. The van der Waals surface area contributed by atoms with Crippen molar-refractivity contribution < 1.29 is 13.6 Å². The molecule has 0 aliphatic carbocycles. The molecule has 25 heavy (non-hydrogen) atoms. The first-order chi connectivity index (χ1) is 11.9. The van der Waals surface area contributed by atoms with Crippen LogP contribution in [0, 0.1) is 12.8 Å². The number of aromatic nitrogens is 2. The number of hydrogen-bond acceptors (Lipinski definition) is 5. The number of likely N-dealkylation sites (tertiary alicyclic amines) is 1. The van der Waals surface area contributed by atoms with Crippen molar-refractivity contribution >= 4 is 33.3 Å². The van der Waals surface area contributed by atoms with Crippen LogP contribution in [0.15, 0.2) is 11.7 Å². The maximum absolute atomic E-state index is 13.3. The number of hydrogen-bond donors (Lipinski definition) is 0. The summed E-state index contributed by atoms with van der Waals surface area (Å²) in [6.45, 7) is 3.69. The number of nitrogens with zero attached hydrogens (tertiary/aromatic N) is 4. The van der Waals surface area contributed by atoms with Crippen LogP contribution in [0.4, 0.5) is 14.6 Å². The lowest BCUT2D eigenvalue weighted by Gasteiger charge is -2.33. The van der Waals surface area contributed by atoms with Gasteiger partial charge in [0.05, 0.1) is 16.1 Å². The molecule has 134 valence electrons. The smallest absolute Gasteiger partial charge is 0.251 e. The van der Waals surface area contributed by atoms with Crippen LogP contribution in [0.1, 0.15) is 24.8 Å². The topological polar surface area (TPSA) is 49.3 Å². The number of amides is 1. The van der Waals surface area contributed by atoms with Gasteiger partial charge in [-0.15, -0.1) is 11.3 Å². The fraction of sp³-hybridized carbons (Fsp3) is 0.588. The molecule has 2 saturated heterocycles. The van der Waals surface area contributed by atoms with E-state index in [1.54, 1.807) is 22.6 Å². The summed E-state index contributed by atoms with van der Waals surface area (Å²) in [5, 5.41) is 2.06. The fourth-order valence-corrected chi connectivity index (χ4v) is 4.67. The van der Waals surface area contributed by atoms with Gasteiger partial charge in [0.1, 0.15) is 12.1 Å². The lowest BCUT2D eigenvalue weighted by Crippen LogP contribution is -2.45. The van der Waals surface area contributed by atoms with Gasteiger partial charge < -0.3 is 9.80 Å². The van der Waals surface area contributed by atoms with Crippen molar-refractivity contribution in [3.05, 3.63) is 17.3 Å². The Bertz CT molecular complexity index is 799. The molecule has 0 bridgehead atoms. The third kappa shape index (κ3) is 3.07. The Kier molecular flexibility index (Phi) is 4.10. The zero-order chi connectivity index (χ0) is 17.6. The summed E-state index contributed by atoms with van der Waals surface area (Å²) in [4.78, 5) is 25.2. The number of fused-ring (bicyclic) bond motifs is 1. The Morgan fingerprint density at radius 1 is 1.28 bits per heavy atom. The van der Waals surface area contributed by atoms with Crippen molar-refractivity contribution in [3.63, 3.8) is 0 Å². The quantitative estimate of drug-likeness (QED) is 0.820. The monoisotopic (exact) mass is 366 g/mol. The Balaban J connectivity index is 1.47. The van der Waals surface area contributed by atoms with Gasteiger partial charge in [-0.1, -0.05) is 0 Å². The minimum atomic E-state index is -2.62. The van der Waals surface area contributed by atoms with Crippen LogP contribution in [0.5, 0.6) is 0 Å². The molecule has 0 spiro atoms. The van der Waals surface area contributed by atoms with Crippen LogP contribution in [-0.2, 0) is 4.79 Å². The second-order valence-electron chi connectivity index (χ2n) is 6.91. The van der Waals surface area contributed by atoms with Gasteiger partial charge >= 0.3 is 0 Å². The largest absolute Gasteiger partial charge is 0.355 e. The predicted octanol–water partition coefficient (Wildman–Crippen LogP) is 3.08. The van der Waals surface area contributed by atoms with Crippen molar-refractivity contribution in [1.29, 1.82) is 0 Å². The predicted molar refractivity (Wildman–Crippen MR) is 93.2 cm³/mol. The van der Waals surface area contributed by atoms with Crippen LogP contribution in [0.25, 0.3) is 10.2 Å². The Morgan fingerprint density at radius 3 is 2.80 bits per heavy atom. The van der Waals surface area contributed by atoms with E-state index in [4.69, 9.17) is 0 Å². The van der Waals surface area contributed by atoms with Crippen LogP contribution in [0.2, 0.25) is 0 Å². The standard InChI is InChI=1S/C17H20F2N4OS/c1-11-9-25-14-13(11)20-10-21-15(14)23-5-2-12(8-23)16(24)22-6-3-17(18,19)4-7-22/h9-10,12H,2-8H2,1H3. The third-order valence-corrected chi connectivity index (χ3v) is 6.24. The highest BCUT2D eigenvalue weighted by molar-refractivity contribution is 7.18. The molecular weight excluding hydrogens is 346 g/mol. The Labute approximate surface area is 148 Å². The van der Waals surface area contributed by atoms with Gasteiger partial charge in [0, 0.05) is 39.0 Å². The van der Waals surface area contributed by atoms with E-state index in [9.17, 15) is 13.6 Å². The van der Waals surface area contributed by atoms with Crippen LogP contribution in [-0.4, -0.2) is 52.9 Å². The summed E-state index contributed by atoms with van der Waals surface area (Å²) < 4.78 is 27.6. The summed E-state index contributed by atoms with van der Waals surface area (Å²) >= 11 is 1.62. The highest BCUT2D eigenvalue weighted by Crippen LogP contribution is 2.34. The molecule has 1 unspecified atom stereocenters. The molecule has 0 radical (unpaired) electrons. The highest BCUT2D eigenvalue weighted by Gasteiger charge is 2.39. The number of carbonyl (C=O) groups excluding carboxylic acids is 1. The lowest BCUT2D eigenvalue weighted by atomic mass is 10.0. The lowest BCUT2D eigenvalue weighted by molar-refractivity contribution is -0.140. The molecule has 4 rings (SSSR count). The molecule has 1 amide bonds. The van der Waals surface area contributed by atoms with Crippen LogP contribution >= 0.6 is 11.3 Å². The molecule has 2 fully saturated rings. The Hall–Kier alpha value is -1.83. The molecule has 4 heterocycles. The SMILES string of the molecule is Cc1csc2c(N3CCC(C(=O)N4CCC(F)(F)CC4)C3)ncnc12. The van der Waals surface area contributed by atoms with Crippen molar-refractivity contribution in [3.8, 4) is 0 Å². The zero-order valence-electron chi connectivity index (χ0n) is 14.0. The minimum Gasteiger partial charge on any atom is -0.355 e. The van der Waals surface area contributed by atoms with Crippen LogP contribution < -0.4 is 4.90 Å². The van der Waals surface area contributed by atoms with E-state index in [1.807, 2.05) is 6.92 Å². The first-order valence-corrected chi connectivity index (χ1v) is 9.43. The van der Waals surface area contributed by atoms with Crippen molar-refractivity contribution in [2.75, 3.05) is 31.1 Å². The number of anilines is 1. The third-order valence-electron chi connectivity index (χ3n) is 5.16. The average molecular weight is 366 g/mol. The van der Waals surface area contributed by atoms with E-state index in [-0.39, 0.29) is 37.8 Å². The number of halogens is 2. The van der Waals surface area contributed by atoms with Gasteiger partial charge in [0.2, 0.25) is 5.91 Å². The first kappa shape index (κ1) is 16.6. The molecule has 2 aromatic heterocycles. The van der Waals surface area contributed by atoms with Gasteiger partial charge in [-0.3, -0.25) is 4.79 Å². The molecule has 0 aromatic carbocycles. The maximum Gasteiger partial charge on any atom is 0.251 e.